The molecule has 0 aromatic rings. The third-order valence-electron chi connectivity index (χ3n) is 4.41. The number of aliphatic hydroxyl groups is 2. The van der Waals surface area contributed by atoms with Crippen LogP contribution in [-0.2, 0) is 19.2 Å². The van der Waals surface area contributed by atoms with Crippen LogP contribution in [0.2, 0.25) is 0 Å². The first-order chi connectivity index (χ1) is 16.1. The predicted molar refractivity (Wildman–Crippen MR) is 117 cm³/mol. The second-order valence-electron chi connectivity index (χ2n) is 7.33. The van der Waals surface area contributed by atoms with Gasteiger partial charge in [-0.25, -0.2) is 4.79 Å². The van der Waals surface area contributed by atoms with Gasteiger partial charge in [-0.3, -0.25) is 29.0 Å². The van der Waals surface area contributed by atoms with Crippen LogP contribution in [0.5, 0.6) is 0 Å². The number of carboxylic acids is 2. The zero-order valence-electron chi connectivity index (χ0n) is 19.0. The maximum Gasteiger partial charge on any atom is 0.407 e. The molecule has 0 aliphatic rings. The predicted octanol–water partition coefficient (Wildman–Crippen LogP) is -3.26. The molecule has 0 aliphatic heterocycles. The second-order valence-corrected chi connectivity index (χ2v) is 7.33. The number of amides is 3. The van der Waals surface area contributed by atoms with Crippen molar-refractivity contribution in [2.45, 2.75) is 12.8 Å². The number of aliphatic hydroxyl groups excluding tert-OH is 2. The second kappa shape index (κ2) is 18.4. The third kappa shape index (κ3) is 16.6. The quantitative estimate of drug-likeness (QED) is 0.0831. The summed E-state index contributed by atoms with van der Waals surface area (Å²) in [5.41, 5.74) is 0. The molecule has 15 nitrogen and oxygen atoms in total. The molecular weight excluding hydrogens is 458 g/mol. The van der Waals surface area contributed by atoms with E-state index in [1.54, 1.807) is 0 Å². The number of carbonyl (C=O) groups excluding carboxylic acids is 2. The molecule has 0 radical (unpaired) electrons. The van der Waals surface area contributed by atoms with Gasteiger partial charge in [0.1, 0.15) is 0 Å². The molecular formula is C19H35N5O10. The van der Waals surface area contributed by atoms with Gasteiger partial charge in [0.15, 0.2) is 0 Å². The van der Waals surface area contributed by atoms with Crippen LogP contribution in [-0.4, -0.2) is 149 Å². The molecule has 0 unspecified atom stereocenters. The monoisotopic (exact) mass is 493 g/mol. The molecule has 15 heteroatoms. The molecule has 0 heterocycles. The number of hydrogen-bond acceptors (Lipinski definition) is 9. The summed E-state index contributed by atoms with van der Waals surface area (Å²) in [6.07, 6.45) is -0.654. The van der Waals surface area contributed by atoms with Gasteiger partial charge in [0, 0.05) is 52.5 Å². The summed E-state index contributed by atoms with van der Waals surface area (Å²) in [5, 5.41) is 50.1. The van der Waals surface area contributed by atoms with E-state index < -0.39 is 42.9 Å². The van der Waals surface area contributed by atoms with Gasteiger partial charge in [-0.1, -0.05) is 0 Å². The Hall–Kier alpha value is -3.01. The molecule has 0 aromatic carbocycles. The van der Waals surface area contributed by atoms with E-state index >= 15 is 0 Å². The van der Waals surface area contributed by atoms with Crippen molar-refractivity contribution in [2.24, 2.45) is 0 Å². The maximum absolute atomic E-state index is 11.9. The highest BCUT2D eigenvalue weighted by molar-refractivity contribution is 5.79. The van der Waals surface area contributed by atoms with Gasteiger partial charge in [-0.2, -0.15) is 0 Å². The Kier molecular flexibility index (Phi) is 16.8. The number of aliphatic carboxylic acids is 2. The summed E-state index contributed by atoms with van der Waals surface area (Å²) in [6.45, 7) is -1.85. The molecule has 0 atom stereocenters. The van der Waals surface area contributed by atoms with Gasteiger partial charge < -0.3 is 41.1 Å². The Labute approximate surface area is 196 Å². The van der Waals surface area contributed by atoms with E-state index in [0.717, 1.165) is 4.90 Å². The number of carboxylic acid groups (broad SMARTS) is 3. The van der Waals surface area contributed by atoms with E-state index in [0.29, 0.717) is 12.8 Å². The number of rotatable bonds is 20. The summed E-state index contributed by atoms with van der Waals surface area (Å²) in [5.74, 6) is -3.36. The first-order valence-corrected chi connectivity index (χ1v) is 10.7. The van der Waals surface area contributed by atoms with Crippen LogP contribution >= 0.6 is 0 Å². The molecule has 3 amide bonds. The Morgan fingerprint density at radius 1 is 0.588 bits per heavy atom. The lowest BCUT2D eigenvalue weighted by Crippen LogP contribution is -2.47. The van der Waals surface area contributed by atoms with Crippen molar-refractivity contribution in [2.75, 3.05) is 78.7 Å². The molecule has 0 saturated heterocycles. The highest BCUT2D eigenvalue weighted by atomic mass is 16.4. The van der Waals surface area contributed by atoms with Crippen molar-refractivity contribution in [3.63, 3.8) is 0 Å². The van der Waals surface area contributed by atoms with E-state index in [-0.39, 0.29) is 65.6 Å². The van der Waals surface area contributed by atoms with E-state index in [4.69, 9.17) is 20.4 Å². The molecule has 7 N–H and O–H groups in total. The molecule has 0 aromatic heterocycles. The van der Waals surface area contributed by atoms with Crippen molar-refractivity contribution in [1.82, 2.24) is 25.3 Å². The molecule has 196 valence electrons. The van der Waals surface area contributed by atoms with Crippen LogP contribution in [0.4, 0.5) is 4.79 Å². The standard InChI is InChI=1S/C19H35N5O10/c25-9-1-3-20-15(27)11-22(13-17(29)30)5-7-24(19(33)34)8-6-23(14-18(31)32)12-16(28)21-4-2-10-26/h25-26H,1-14H2,(H,20,27)(H,21,28)(H,29,30)(H,31,32)(H,33,34). The molecule has 0 spiro atoms. The fraction of sp³-hybridized carbons (Fsp3) is 0.737. The number of hydrogen-bond donors (Lipinski definition) is 7. The Bertz CT molecular complexity index is 615. The highest BCUT2D eigenvalue weighted by Crippen LogP contribution is 1.98. The number of carbonyl (C=O) groups is 5. The summed E-state index contributed by atoms with van der Waals surface area (Å²) in [6, 6.07) is 0. The van der Waals surface area contributed by atoms with Gasteiger partial charge in [-0.15, -0.1) is 0 Å². The van der Waals surface area contributed by atoms with Crippen molar-refractivity contribution in [3.05, 3.63) is 0 Å². The van der Waals surface area contributed by atoms with Crippen molar-refractivity contribution in [1.29, 1.82) is 0 Å². The maximum atomic E-state index is 11.9. The normalized spacial score (nSPS) is 10.8. The lowest BCUT2D eigenvalue weighted by atomic mass is 10.3. The molecule has 34 heavy (non-hydrogen) atoms. The summed E-state index contributed by atoms with van der Waals surface area (Å²) < 4.78 is 0. The SMILES string of the molecule is O=C(O)CN(CCN(CCN(CC(=O)O)CC(=O)NCCCO)C(=O)O)CC(=O)NCCCO. The van der Waals surface area contributed by atoms with E-state index in [1.807, 2.05) is 0 Å². The Balaban J connectivity index is 4.90. The average Bonchev–Trinajstić information content (AvgIpc) is 2.72. The Morgan fingerprint density at radius 3 is 1.26 bits per heavy atom. The third-order valence-corrected chi connectivity index (χ3v) is 4.41. The van der Waals surface area contributed by atoms with Crippen LogP contribution < -0.4 is 10.6 Å². The summed E-state index contributed by atoms with van der Waals surface area (Å²) in [4.78, 5) is 61.1. The smallest absolute Gasteiger partial charge is 0.407 e. The van der Waals surface area contributed by atoms with Crippen molar-refractivity contribution < 1.29 is 49.5 Å². The lowest BCUT2D eigenvalue weighted by Gasteiger charge is -2.27. The minimum atomic E-state index is -1.33. The molecule has 0 saturated carbocycles. The zero-order chi connectivity index (χ0) is 25.9. The largest absolute Gasteiger partial charge is 0.480 e. The van der Waals surface area contributed by atoms with Crippen LogP contribution in [0.3, 0.4) is 0 Å². The molecule has 0 aliphatic carbocycles. The van der Waals surface area contributed by atoms with E-state index in [2.05, 4.69) is 10.6 Å². The average molecular weight is 494 g/mol. The first-order valence-electron chi connectivity index (χ1n) is 10.7. The van der Waals surface area contributed by atoms with Gasteiger partial charge in [0.2, 0.25) is 11.8 Å². The molecule has 0 bridgehead atoms. The van der Waals surface area contributed by atoms with Crippen LogP contribution in [0.15, 0.2) is 0 Å². The minimum Gasteiger partial charge on any atom is -0.480 e. The lowest BCUT2D eigenvalue weighted by molar-refractivity contribution is -0.140. The van der Waals surface area contributed by atoms with E-state index in [9.17, 15) is 29.1 Å². The van der Waals surface area contributed by atoms with Gasteiger partial charge in [0.05, 0.1) is 26.2 Å². The van der Waals surface area contributed by atoms with Crippen LogP contribution in [0.25, 0.3) is 0 Å². The number of nitrogens with zero attached hydrogens (tertiary/aromatic N) is 3. The summed E-state index contributed by atoms with van der Waals surface area (Å²) in [7, 11) is 0. The Morgan fingerprint density at radius 2 is 0.971 bits per heavy atom. The fourth-order valence-corrected chi connectivity index (χ4v) is 2.77. The van der Waals surface area contributed by atoms with Gasteiger partial charge in [-0.05, 0) is 12.8 Å². The first kappa shape index (κ1) is 31.0. The molecule has 0 fully saturated rings. The van der Waals surface area contributed by atoms with Gasteiger partial charge >= 0.3 is 18.0 Å². The highest BCUT2D eigenvalue weighted by Gasteiger charge is 2.20. The molecule has 0 rings (SSSR count). The van der Waals surface area contributed by atoms with Crippen LogP contribution in [0.1, 0.15) is 12.8 Å². The van der Waals surface area contributed by atoms with Crippen molar-refractivity contribution >= 4 is 29.8 Å². The van der Waals surface area contributed by atoms with Crippen molar-refractivity contribution in [3.8, 4) is 0 Å². The zero-order valence-corrected chi connectivity index (χ0v) is 19.0. The van der Waals surface area contributed by atoms with Gasteiger partial charge in [0.25, 0.3) is 0 Å². The van der Waals surface area contributed by atoms with Crippen LogP contribution in [0, 0.1) is 0 Å². The summed E-state index contributed by atoms with van der Waals surface area (Å²) >= 11 is 0. The topological polar surface area (TPSA) is 220 Å². The number of nitrogens with one attached hydrogen (secondary N) is 2. The fourth-order valence-electron chi connectivity index (χ4n) is 2.77. The minimum absolute atomic E-state index is 0.0768. The van der Waals surface area contributed by atoms with E-state index in [1.165, 1.54) is 9.80 Å².